The number of carbonyl (C=O) groups is 4. The predicted molar refractivity (Wildman–Crippen MR) is 178 cm³/mol. The maximum atomic E-state index is 11.6. The van der Waals surface area contributed by atoms with Crippen molar-refractivity contribution in [2.24, 2.45) is 0 Å². The number of aliphatic hydroxyl groups excluding tert-OH is 2. The van der Waals surface area contributed by atoms with Gasteiger partial charge in [0.05, 0.1) is 25.0 Å². The topological polar surface area (TPSA) is 195 Å². The van der Waals surface area contributed by atoms with Crippen molar-refractivity contribution >= 4 is 61.6 Å². The van der Waals surface area contributed by atoms with Crippen LogP contribution >= 0.6 is 0 Å². The molecule has 0 aromatic heterocycles. The number of allylic oxidation sites excluding steroid dienone is 2. The summed E-state index contributed by atoms with van der Waals surface area (Å²) in [5.74, 6) is -4.79. The van der Waals surface area contributed by atoms with Crippen molar-refractivity contribution in [2.75, 3.05) is 26.6 Å². The van der Waals surface area contributed by atoms with Crippen LogP contribution < -0.4 is 10.2 Å². The van der Waals surface area contributed by atoms with E-state index in [0.29, 0.717) is 12.8 Å². The number of aliphatic hydroxyl groups is 2. The molecule has 0 aromatic carbocycles. The second-order valence-corrected chi connectivity index (χ2v) is 11.8. The average Bonchev–Trinajstić information content (AvgIpc) is 3.00. The van der Waals surface area contributed by atoms with E-state index in [1.165, 1.54) is 0 Å². The van der Waals surface area contributed by atoms with Gasteiger partial charge in [0.15, 0.2) is 25.5 Å². The summed E-state index contributed by atoms with van der Waals surface area (Å²) < 4.78 is -0.772. The van der Waals surface area contributed by atoms with Gasteiger partial charge in [0.1, 0.15) is 12.1 Å². The molecule has 0 fully saturated rings. The van der Waals surface area contributed by atoms with Crippen LogP contribution in [0.15, 0.2) is 24.3 Å². The molecule has 6 atom stereocenters. The number of hydrogen-bond acceptors (Lipinski definition) is 8. The number of aliphatic carboxylic acids is 4. The fraction of sp³-hybridized carbons (Fsp3) is 0.765. The molecule has 4 N–H and O–H groups in total. The molecule has 13 heteroatoms. The van der Waals surface area contributed by atoms with E-state index in [2.05, 4.69) is 13.8 Å². The first-order valence-corrected chi connectivity index (χ1v) is 16.9. The number of hydrogen-bond donors (Lipinski definition) is 4. The number of nitrogens with zero attached hydrogens (tertiary/aromatic N) is 2. The van der Waals surface area contributed by atoms with Gasteiger partial charge in [-0.1, -0.05) is 91.5 Å². The number of rotatable bonds is 26. The SMILES string of the molecule is CCCC/C=C/CC[N+](CO)(C(CC)C(=O)[O-])C(CC)C(=O)O.CCCC/C=C/CC[N+](CO)(C(CC)C(=O)[O-])C(CC)C(=O)O.[Ca+2]. The Hall–Kier alpha value is -1.54. The van der Waals surface area contributed by atoms with Gasteiger partial charge in [-0.2, -0.15) is 0 Å². The molecule has 0 heterocycles. The number of carbonyl (C=O) groups excluding carboxylic acids is 2. The zero-order chi connectivity index (χ0) is 35.8. The molecule has 0 bridgehead atoms. The minimum absolute atomic E-state index is 0. The molecule has 0 saturated carbocycles. The Bertz CT molecular complexity index is 826. The molecule has 0 aliphatic heterocycles. The third kappa shape index (κ3) is 16.1. The molecule has 0 rings (SSSR count). The van der Waals surface area contributed by atoms with E-state index in [0.717, 1.165) is 38.5 Å². The number of carboxylic acid groups (broad SMARTS) is 4. The van der Waals surface area contributed by atoms with Crippen molar-refractivity contribution < 1.29 is 58.8 Å². The molecule has 0 spiro atoms. The molecular formula is C34H62CaN2O10+2. The molecule has 0 aliphatic carbocycles. The van der Waals surface area contributed by atoms with E-state index in [1.807, 2.05) is 24.3 Å². The van der Waals surface area contributed by atoms with Crippen LogP contribution in [0.5, 0.6) is 0 Å². The zero-order valence-electron chi connectivity index (χ0n) is 29.8. The maximum Gasteiger partial charge on any atom is 2.00 e. The van der Waals surface area contributed by atoms with Gasteiger partial charge in [-0.25, -0.2) is 9.59 Å². The third-order valence-electron chi connectivity index (χ3n) is 8.88. The first-order valence-electron chi connectivity index (χ1n) is 16.9. The van der Waals surface area contributed by atoms with Gasteiger partial charge in [-0.05, 0) is 12.8 Å². The van der Waals surface area contributed by atoms with Crippen LogP contribution in [-0.2, 0) is 19.2 Å². The summed E-state index contributed by atoms with van der Waals surface area (Å²) >= 11 is 0. The summed E-state index contributed by atoms with van der Waals surface area (Å²) in [6, 6.07) is -4.01. The van der Waals surface area contributed by atoms with Crippen LogP contribution in [0.25, 0.3) is 0 Å². The summed E-state index contributed by atoms with van der Waals surface area (Å²) in [5.41, 5.74) is 0. The molecule has 6 unspecified atom stereocenters. The Kier molecular flexibility index (Phi) is 30.0. The van der Waals surface area contributed by atoms with Crippen molar-refractivity contribution in [3.8, 4) is 0 Å². The van der Waals surface area contributed by atoms with Gasteiger partial charge in [-0.15, -0.1) is 0 Å². The first kappa shape index (κ1) is 49.8. The Labute approximate surface area is 312 Å². The number of quaternary nitrogens is 2. The predicted octanol–water partition coefficient (Wildman–Crippen LogP) is 2.18. The van der Waals surface area contributed by atoms with Gasteiger partial charge in [0.2, 0.25) is 0 Å². The molecule has 268 valence electrons. The van der Waals surface area contributed by atoms with Crippen molar-refractivity contribution in [1.29, 1.82) is 0 Å². The van der Waals surface area contributed by atoms with Gasteiger partial charge >= 0.3 is 49.7 Å². The fourth-order valence-corrected chi connectivity index (χ4v) is 6.34. The van der Waals surface area contributed by atoms with E-state index in [-0.39, 0.29) is 85.5 Å². The van der Waals surface area contributed by atoms with E-state index in [1.54, 1.807) is 27.7 Å². The molecule has 0 aromatic rings. The minimum atomic E-state index is -1.31. The van der Waals surface area contributed by atoms with Crippen LogP contribution in [-0.4, -0.2) is 142 Å². The Balaban J connectivity index is -0.000000807. The molecule has 47 heavy (non-hydrogen) atoms. The van der Waals surface area contributed by atoms with Crippen molar-refractivity contribution in [1.82, 2.24) is 0 Å². The molecular weight excluding hydrogens is 636 g/mol. The normalized spacial score (nSPS) is 16.5. The molecule has 12 nitrogen and oxygen atoms in total. The van der Waals surface area contributed by atoms with E-state index in [4.69, 9.17) is 0 Å². The molecule has 0 saturated heterocycles. The summed E-state index contributed by atoms with van der Waals surface area (Å²) in [4.78, 5) is 46.2. The van der Waals surface area contributed by atoms with Crippen LogP contribution in [0.3, 0.4) is 0 Å². The second kappa shape index (κ2) is 28.3. The molecule has 0 aliphatic rings. The third-order valence-corrected chi connectivity index (χ3v) is 8.88. The van der Waals surface area contributed by atoms with Crippen molar-refractivity contribution in [3.63, 3.8) is 0 Å². The van der Waals surface area contributed by atoms with Crippen LogP contribution in [0.2, 0.25) is 0 Å². The van der Waals surface area contributed by atoms with Gasteiger partial charge in [0.25, 0.3) is 0 Å². The number of unbranched alkanes of at least 4 members (excludes halogenated alkanes) is 4. The van der Waals surface area contributed by atoms with Crippen molar-refractivity contribution in [3.05, 3.63) is 24.3 Å². The van der Waals surface area contributed by atoms with Crippen LogP contribution in [0, 0.1) is 0 Å². The minimum Gasteiger partial charge on any atom is -0.544 e. The first-order chi connectivity index (χ1) is 21.8. The maximum absolute atomic E-state index is 11.6. The monoisotopic (exact) mass is 698 g/mol. The summed E-state index contributed by atoms with van der Waals surface area (Å²) in [5, 5.41) is 61.8. The largest absolute Gasteiger partial charge is 2.00 e. The van der Waals surface area contributed by atoms with Gasteiger partial charge < -0.3 is 40.2 Å². The second-order valence-electron chi connectivity index (χ2n) is 11.8. The Morgan fingerprint density at radius 1 is 0.553 bits per heavy atom. The van der Waals surface area contributed by atoms with E-state index < -0.39 is 61.5 Å². The van der Waals surface area contributed by atoms with Crippen LogP contribution in [0.1, 0.15) is 119 Å². The fourth-order valence-electron chi connectivity index (χ4n) is 6.34. The van der Waals surface area contributed by atoms with Crippen molar-refractivity contribution in [2.45, 2.75) is 143 Å². The molecule has 0 amide bonds. The average molecular weight is 699 g/mol. The quantitative estimate of drug-likeness (QED) is 0.0342. The number of carboxylic acids is 4. The van der Waals surface area contributed by atoms with Gasteiger partial charge in [0, 0.05) is 38.5 Å². The van der Waals surface area contributed by atoms with E-state index >= 15 is 0 Å². The van der Waals surface area contributed by atoms with Crippen LogP contribution in [0.4, 0.5) is 0 Å². The summed E-state index contributed by atoms with van der Waals surface area (Å²) in [7, 11) is 0. The smallest absolute Gasteiger partial charge is 0.544 e. The summed E-state index contributed by atoms with van der Waals surface area (Å²) in [6.07, 6.45) is 16.2. The zero-order valence-corrected chi connectivity index (χ0v) is 32.0. The van der Waals surface area contributed by atoms with E-state index in [9.17, 15) is 49.8 Å². The Morgan fingerprint density at radius 3 is 1.02 bits per heavy atom. The standard InChI is InChI=1S/2C17H31NO5.Ca/c2*1-4-7-8-9-10-11-12-18(13-19,14(5-2)16(20)21)15(6-3)17(22)23;/h2*9-10,14-15,19H,4-8,11-13H2,1-3H3,(H-,20,21,22,23);/q;;+2/b2*10-9+;. The van der Waals surface area contributed by atoms with Gasteiger partial charge in [-0.3, -0.25) is 8.97 Å². The Morgan fingerprint density at radius 2 is 0.830 bits per heavy atom. The molecule has 0 radical (unpaired) electrons. The summed E-state index contributed by atoms with van der Waals surface area (Å²) in [6.45, 7) is 10.4.